The number of nitrogens with one attached hydrogen (secondary N) is 1. The summed E-state index contributed by atoms with van der Waals surface area (Å²) in [5, 5.41) is 13.2. The van der Waals surface area contributed by atoms with Crippen molar-refractivity contribution in [1.82, 2.24) is 25.2 Å². The van der Waals surface area contributed by atoms with Crippen molar-refractivity contribution in [2.75, 3.05) is 30.3 Å². The van der Waals surface area contributed by atoms with Gasteiger partial charge in [0.15, 0.2) is 6.19 Å². The molecule has 2 aromatic heterocycles. The zero-order valence-electron chi connectivity index (χ0n) is 18.5. The molecule has 1 fully saturated rings. The number of aliphatic imine (C=N–C) groups is 1. The Hall–Kier alpha value is -3.93. The lowest BCUT2D eigenvalue weighted by molar-refractivity contribution is 0.220. The third-order valence-corrected chi connectivity index (χ3v) is 5.66. The molecule has 172 valence electrons. The number of nitriles is 1. The fraction of sp³-hybridized carbons (Fsp3) is 0.375. The standard InChI is InChI=1S/C23H27N9.CH4/c1-15(2)20-13-31(21-12-16(3)28-22(25)30-21)10-11-32(20)23(27-14-24)29-19-8-4-7-18-17(19)6-5-9-26-18;/h4-9,12,15,20H,10-11,13H2,1-3H3,(H,27,29)(H2,25,28,30);1H4/t20-;/m0./s1. The van der Waals surface area contributed by atoms with E-state index < -0.39 is 0 Å². The molecular weight excluding hydrogens is 414 g/mol. The molecule has 9 heteroatoms. The first-order valence-electron chi connectivity index (χ1n) is 10.7. The molecule has 33 heavy (non-hydrogen) atoms. The summed E-state index contributed by atoms with van der Waals surface area (Å²) in [6.07, 6.45) is 3.83. The van der Waals surface area contributed by atoms with Gasteiger partial charge >= 0.3 is 0 Å². The zero-order valence-corrected chi connectivity index (χ0v) is 18.5. The highest BCUT2D eigenvalue weighted by Gasteiger charge is 2.32. The maximum atomic E-state index is 9.45. The smallest absolute Gasteiger partial charge is 0.222 e. The summed E-state index contributed by atoms with van der Waals surface area (Å²) >= 11 is 0. The van der Waals surface area contributed by atoms with Gasteiger partial charge in [-0.1, -0.05) is 27.3 Å². The molecule has 1 aliphatic heterocycles. The zero-order chi connectivity index (χ0) is 22.7. The monoisotopic (exact) mass is 445 g/mol. The maximum Gasteiger partial charge on any atom is 0.222 e. The molecule has 1 saturated heterocycles. The van der Waals surface area contributed by atoms with Crippen LogP contribution in [0.25, 0.3) is 10.9 Å². The van der Waals surface area contributed by atoms with Gasteiger partial charge in [-0.3, -0.25) is 10.3 Å². The first-order chi connectivity index (χ1) is 15.5. The van der Waals surface area contributed by atoms with Crippen LogP contribution in [0.2, 0.25) is 0 Å². The molecule has 0 radical (unpaired) electrons. The summed E-state index contributed by atoms with van der Waals surface area (Å²) in [4.78, 5) is 22.3. The molecule has 4 rings (SSSR count). The normalized spacial score (nSPS) is 16.5. The molecule has 0 saturated carbocycles. The van der Waals surface area contributed by atoms with Crippen molar-refractivity contribution >= 4 is 34.3 Å². The van der Waals surface area contributed by atoms with Crippen molar-refractivity contribution in [3.05, 3.63) is 48.3 Å². The second-order valence-electron chi connectivity index (χ2n) is 8.20. The summed E-state index contributed by atoms with van der Waals surface area (Å²) in [6, 6.07) is 11.8. The molecule has 1 aliphatic rings. The van der Waals surface area contributed by atoms with Gasteiger partial charge in [0.1, 0.15) is 5.82 Å². The largest absolute Gasteiger partial charge is 0.368 e. The third kappa shape index (κ3) is 5.12. The summed E-state index contributed by atoms with van der Waals surface area (Å²) in [6.45, 7) is 8.40. The Morgan fingerprint density at radius 3 is 2.79 bits per heavy atom. The van der Waals surface area contributed by atoms with Crippen molar-refractivity contribution in [3.8, 4) is 6.19 Å². The number of benzene rings is 1. The number of hydrogen-bond acceptors (Lipinski definition) is 7. The Balaban J connectivity index is 0.00000306. The van der Waals surface area contributed by atoms with Crippen molar-refractivity contribution in [2.24, 2.45) is 10.9 Å². The van der Waals surface area contributed by atoms with Crippen molar-refractivity contribution in [1.29, 1.82) is 5.26 Å². The highest BCUT2D eigenvalue weighted by molar-refractivity contribution is 5.94. The number of fused-ring (bicyclic) bond motifs is 1. The lowest BCUT2D eigenvalue weighted by Crippen LogP contribution is -2.59. The van der Waals surface area contributed by atoms with Crippen LogP contribution in [0.4, 0.5) is 17.5 Å². The Kier molecular flexibility index (Phi) is 7.28. The Bertz CT molecular complexity index is 1160. The van der Waals surface area contributed by atoms with Gasteiger partial charge in [-0.2, -0.15) is 10.2 Å². The number of nitrogen functional groups attached to an aromatic ring is 1. The van der Waals surface area contributed by atoms with E-state index in [9.17, 15) is 5.26 Å². The Morgan fingerprint density at radius 1 is 1.24 bits per heavy atom. The number of hydrogen-bond donors (Lipinski definition) is 2. The number of guanidine groups is 1. The summed E-state index contributed by atoms with van der Waals surface area (Å²) in [5.74, 6) is 1.96. The lowest BCUT2D eigenvalue weighted by atomic mass is 9.99. The fourth-order valence-corrected chi connectivity index (χ4v) is 4.10. The average molecular weight is 446 g/mol. The topological polar surface area (TPSA) is 119 Å². The molecule has 0 bridgehead atoms. The number of nitrogens with zero attached hydrogens (tertiary/aromatic N) is 7. The predicted octanol–water partition coefficient (Wildman–Crippen LogP) is 3.46. The molecule has 0 unspecified atom stereocenters. The van der Waals surface area contributed by atoms with Gasteiger partial charge in [-0.15, -0.1) is 0 Å². The van der Waals surface area contributed by atoms with Crippen LogP contribution in [0.15, 0.2) is 47.6 Å². The van der Waals surface area contributed by atoms with Crippen molar-refractivity contribution in [3.63, 3.8) is 0 Å². The van der Waals surface area contributed by atoms with Crippen LogP contribution in [-0.2, 0) is 0 Å². The number of aryl methyl sites for hydroxylation is 1. The third-order valence-electron chi connectivity index (χ3n) is 5.66. The number of pyridine rings is 1. The number of piperazine rings is 1. The lowest BCUT2D eigenvalue weighted by Gasteiger charge is -2.44. The number of nitrogens with two attached hydrogens (primary N) is 1. The van der Waals surface area contributed by atoms with Crippen molar-refractivity contribution < 1.29 is 0 Å². The highest BCUT2D eigenvalue weighted by atomic mass is 15.4. The van der Waals surface area contributed by atoms with Crippen LogP contribution in [-0.4, -0.2) is 51.5 Å². The van der Waals surface area contributed by atoms with Crippen LogP contribution in [0, 0.1) is 24.3 Å². The minimum Gasteiger partial charge on any atom is -0.368 e. The van der Waals surface area contributed by atoms with Gasteiger partial charge in [-0.05, 0) is 37.1 Å². The minimum absolute atomic E-state index is 0. The Labute approximate surface area is 195 Å². The first kappa shape index (κ1) is 23.7. The van der Waals surface area contributed by atoms with Crippen LogP contribution in [0.3, 0.4) is 0 Å². The van der Waals surface area contributed by atoms with Crippen molar-refractivity contribution in [2.45, 2.75) is 34.2 Å². The highest BCUT2D eigenvalue weighted by Crippen LogP contribution is 2.27. The fourth-order valence-electron chi connectivity index (χ4n) is 4.10. The first-order valence-corrected chi connectivity index (χ1v) is 10.7. The van der Waals surface area contributed by atoms with Gasteiger partial charge in [0.25, 0.3) is 0 Å². The van der Waals surface area contributed by atoms with E-state index in [1.165, 1.54) is 0 Å². The van der Waals surface area contributed by atoms with E-state index in [1.54, 1.807) is 6.20 Å². The Morgan fingerprint density at radius 2 is 2.06 bits per heavy atom. The molecule has 0 spiro atoms. The van der Waals surface area contributed by atoms with E-state index in [2.05, 4.69) is 50.1 Å². The van der Waals surface area contributed by atoms with Crippen LogP contribution in [0.1, 0.15) is 27.0 Å². The van der Waals surface area contributed by atoms with Crippen LogP contribution >= 0.6 is 0 Å². The molecule has 3 N–H and O–H groups in total. The van der Waals surface area contributed by atoms with Gasteiger partial charge in [0.2, 0.25) is 11.9 Å². The number of anilines is 2. The quantitative estimate of drug-likeness (QED) is 0.272. The summed E-state index contributed by atoms with van der Waals surface area (Å²) in [5.41, 5.74) is 8.36. The van der Waals surface area contributed by atoms with E-state index >= 15 is 0 Å². The second-order valence-corrected chi connectivity index (χ2v) is 8.20. The van der Waals surface area contributed by atoms with E-state index in [4.69, 9.17) is 10.7 Å². The van der Waals surface area contributed by atoms with Crippen LogP contribution in [0.5, 0.6) is 0 Å². The van der Waals surface area contributed by atoms with Crippen LogP contribution < -0.4 is 16.0 Å². The van der Waals surface area contributed by atoms with Gasteiger partial charge in [0.05, 0.1) is 17.2 Å². The van der Waals surface area contributed by atoms with Gasteiger partial charge < -0.3 is 15.5 Å². The molecule has 9 nitrogen and oxygen atoms in total. The maximum absolute atomic E-state index is 9.45. The molecule has 0 aliphatic carbocycles. The molecule has 0 amide bonds. The minimum atomic E-state index is 0. The second kappa shape index (κ2) is 10.1. The summed E-state index contributed by atoms with van der Waals surface area (Å²) in [7, 11) is 0. The van der Waals surface area contributed by atoms with Gasteiger partial charge in [0, 0.05) is 43.0 Å². The van der Waals surface area contributed by atoms with E-state index in [1.807, 2.05) is 43.3 Å². The average Bonchev–Trinajstić information content (AvgIpc) is 2.78. The van der Waals surface area contributed by atoms with Gasteiger partial charge in [-0.25, -0.2) is 9.98 Å². The van der Waals surface area contributed by atoms with E-state index in [0.717, 1.165) is 41.2 Å². The molecular formula is C24H31N9. The SMILES string of the molecule is C.Cc1cc(N2CCN(C(=Nc3cccc4ncccc34)NC#N)[C@H](C(C)C)C2)nc(N)n1. The molecule has 1 aromatic carbocycles. The number of aromatic nitrogens is 3. The van der Waals surface area contributed by atoms with E-state index in [0.29, 0.717) is 18.4 Å². The number of rotatable bonds is 3. The molecule has 1 atom stereocenters. The molecule has 3 heterocycles. The molecule has 3 aromatic rings. The van der Waals surface area contributed by atoms with E-state index in [-0.39, 0.29) is 19.4 Å². The predicted molar refractivity (Wildman–Crippen MR) is 133 cm³/mol. The summed E-state index contributed by atoms with van der Waals surface area (Å²) < 4.78 is 0.